The average Bonchev–Trinajstić information content (AvgIpc) is 2.77. The Labute approximate surface area is 138 Å². The van der Waals surface area contributed by atoms with Crippen molar-refractivity contribution in [2.45, 2.75) is 64.0 Å². The zero-order valence-corrected chi connectivity index (χ0v) is 14.4. The SMILES string of the molecule is CC(NC1CCCCC1CO)c1ccc2c(c1)C(C)(C)C(=O)N2. The number of anilines is 1. The third kappa shape index (κ3) is 3.02. The van der Waals surface area contributed by atoms with Crippen molar-refractivity contribution in [2.75, 3.05) is 11.9 Å². The Morgan fingerprint density at radius 1 is 1.35 bits per heavy atom. The van der Waals surface area contributed by atoms with Gasteiger partial charge in [0, 0.05) is 24.4 Å². The molecule has 1 amide bonds. The van der Waals surface area contributed by atoms with E-state index in [0.29, 0.717) is 12.0 Å². The van der Waals surface area contributed by atoms with Gasteiger partial charge in [0.05, 0.1) is 5.41 Å². The van der Waals surface area contributed by atoms with E-state index in [1.165, 1.54) is 18.4 Å². The van der Waals surface area contributed by atoms with Crippen LogP contribution in [0.2, 0.25) is 0 Å². The van der Waals surface area contributed by atoms with Crippen LogP contribution >= 0.6 is 0 Å². The maximum atomic E-state index is 12.1. The summed E-state index contributed by atoms with van der Waals surface area (Å²) in [6.45, 7) is 6.37. The van der Waals surface area contributed by atoms with E-state index in [1.54, 1.807) is 0 Å². The maximum Gasteiger partial charge on any atom is 0.234 e. The van der Waals surface area contributed by atoms with Gasteiger partial charge < -0.3 is 15.7 Å². The van der Waals surface area contributed by atoms with Crippen molar-refractivity contribution < 1.29 is 9.90 Å². The second kappa shape index (κ2) is 6.25. The van der Waals surface area contributed by atoms with Crippen LogP contribution in [0.25, 0.3) is 0 Å². The molecular formula is C19H28N2O2. The summed E-state index contributed by atoms with van der Waals surface area (Å²) in [6, 6.07) is 6.85. The van der Waals surface area contributed by atoms with Gasteiger partial charge in [-0.3, -0.25) is 4.79 Å². The largest absolute Gasteiger partial charge is 0.396 e. The van der Waals surface area contributed by atoms with E-state index in [9.17, 15) is 9.90 Å². The molecule has 1 aromatic carbocycles. The molecule has 0 bridgehead atoms. The van der Waals surface area contributed by atoms with Crippen LogP contribution < -0.4 is 10.6 Å². The van der Waals surface area contributed by atoms with E-state index >= 15 is 0 Å². The van der Waals surface area contributed by atoms with E-state index in [4.69, 9.17) is 0 Å². The van der Waals surface area contributed by atoms with Crippen LogP contribution in [0.5, 0.6) is 0 Å². The molecule has 0 aromatic heterocycles. The van der Waals surface area contributed by atoms with Crippen LogP contribution in [0.1, 0.15) is 63.6 Å². The lowest BCUT2D eigenvalue weighted by atomic mass is 9.83. The number of carbonyl (C=O) groups excluding carboxylic acids is 1. The van der Waals surface area contributed by atoms with Gasteiger partial charge in [-0.2, -0.15) is 0 Å². The molecule has 3 unspecified atom stereocenters. The molecule has 2 aliphatic rings. The first-order valence-electron chi connectivity index (χ1n) is 8.76. The van der Waals surface area contributed by atoms with Crippen LogP contribution in [-0.4, -0.2) is 23.7 Å². The Kier molecular flexibility index (Phi) is 4.47. The summed E-state index contributed by atoms with van der Waals surface area (Å²) in [6.07, 6.45) is 4.69. The van der Waals surface area contributed by atoms with Gasteiger partial charge in [-0.15, -0.1) is 0 Å². The molecule has 0 radical (unpaired) electrons. The molecule has 4 nitrogen and oxygen atoms in total. The monoisotopic (exact) mass is 316 g/mol. The summed E-state index contributed by atoms with van der Waals surface area (Å²) in [5, 5.41) is 16.2. The van der Waals surface area contributed by atoms with Gasteiger partial charge in [0.25, 0.3) is 0 Å². The highest BCUT2D eigenvalue weighted by atomic mass is 16.3. The minimum absolute atomic E-state index is 0.0675. The summed E-state index contributed by atoms with van der Waals surface area (Å²) in [5.74, 6) is 0.429. The van der Waals surface area contributed by atoms with Crippen LogP contribution in [0, 0.1) is 5.92 Å². The smallest absolute Gasteiger partial charge is 0.234 e. The number of rotatable bonds is 4. The van der Waals surface area contributed by atoms with E-state index < -0.39 is 5.41 Å². The fraction of sp³-hybridized carbons (Fsp3) is 0.632. The molecule has 126 valence electrons. The fourth-order valence-corrected chi connectivity index (χ4v) is 3.92. The first kappa shape index (κ1) is 16.5. The Morgan fingerprint density at radius 2 is 2.09 bits per heavy atom. The normalized spacial score (nSPS) is 27.4. The number of hydrogen-bond donors (Lipinski definition) is 3. The van der Waals surface area contributed by atoms with Crippen molar-refractivity contribution in [1.82, 2.24) is 5.32 Å². The quantitative estimate of drug-likeness (QED) is 0.800. The molecular weight excluding hydrogens is 288 g/mol. The predicted octanol–water partition coefficient (Wildman–Crippen LogP) is 3.12. The predicted molar refractivity (Wildman–Crippen MR) is 92.5 cm³/mol. The molecule has 1 saturated carbocycles. The summed E-state index contributed by atoms with van der Waals surface area (Å²) in [5.41, 5.74) is 2.75. The standard InChI is InChI=1S/C19H28N2O2/c1-12(20-16-7-5-4-6-14(16)11-22)13-8-9-17-15(10-13)19(2,3)18(23)21-17/h8-10,12,14,16,20,22H,4-7,11H2,1-3H3,(H,21,23). The molecule has 0 saturated heterocycles. The molecule has 3 rings (SSSR count). The molecule has 4 heteroatoms. The zero-order chi connectivity index (χ0) is 16.6. The van der Waals surface area contributed by atoms with Crippen LogP contribution in [-0.2, 0) is 10.2 Å². The van der Waals surface area contributed by atoms with Crippen molar-refractivity contribution in [2.24, 2.45) is 5.92 Å². The summed E-state index contributed by atoms with van der Waals surface area (Å²) in [7, 11) is 0. The molecule has 1 aliphatic heterocycles. The summed E-state index contributed by atoms with van der Waals surface area (Å²) in [4.78, 5) is 12.1. The summed E-state index contributed by atoms with van der Waals surface area (Å²) < 4.78 is 0. The van der Waals surface area contributed by atoms with Crippen molar-refractivity contribution >= 4 is 11.6 Å². The third-order valence-corrected chi connectivity index (χ3v) is 5.64. The Morgan fingerprint density at radius 3 is 2.83 bits per heavy atom. The number of fused-ring (bicyclic) bond motifs is 1. The molecule has 3 atom stereocenters. The molecule has 1 aliphatic carbocycles. The molecule has 1 heterocycles. The fourth-order valence-electron chi connectivity index (χ4n) is 3.92. The number of nitrogens with one attached hydrogen (secondary N) is 2. The van der Waals surface area contributed by atoms with Gasteiger partial charge in [-0.1, -0.05) is 25.0 Å². The molecule has 0 spiro atoms. The number of benzene rings is 1. The Hall–Kier alpha value is -1.39. The third-order valence-electron chi connectivity index (χ3n) is 5.64. The van der Waals surface area contributed by atoms with E-state index in [-0.39, 0.29) is 18.6 Å². The van der Waals surface area contributed by atoms with Gasteiger partial charge in [0.2, 0.25) is 5.91 Å². The van der Waals surface area contributed by atoms with E-state index in [2.05, 4.69) is 29.7 Å². The minimum Gasteiger partial charge on any atom is -0.396 e. The van der Waals surface area contributed by atoms with Crippen LogP contribution in [0.15, 0.2) is 18.2 Å². The lowest BCUT2D eigenvalue weighted by Crippen LogP contribution is -2.41. The van der Waals surface area contributed by atoms with Gasteiger partial charge in [0.1, 0.15) is 0 Å². The van der Waals surface area contributed by atoms with E-state index in [0.717, 1.165) is 24.1 Å². The van der Waals surface area contributed by atoms with Crippen molar-refractivity contribution in [3.8, 4) is 0 Å². The van der Waals surface area contributed by atoms with Crippen molar-refractivity contribution in [1.29, 1.82) is 0 Å². The topological polar surface area (TPSA) is 61.4 Å². The highest BCUT2D eigenvalue weighted by Crippen LogP contribution is 2.38. The lowest BCUT2D eigenvalue weighted by molar-refractivity contribution is -0.119. The molecule has 3 N–H and O–H groups in total. The number of carbonyl (C=O) groups is 1. The molecule has 1 fully saturated rings. The van der Waals surface area contributed by atoms with Gasteiger partial charge in [-0.25, -0.2) is 0 Å². The first-order valence-corrected chi connectivity index (χ1v) is 8.76. The van der Waals surface area contributed by atoms with Gasteiger partial charge >= 0.3 is 0 Å². The zero-order valence-electron chi connectivity index (χ0n) is 14.4. The number of aliphatic hydroxyl groups excluding tert-OH is 1. The molecule has 23 heavy (non-hydrogen) atoms. The lowest BCUT2D eigenvalue weighted by Gasteiger charge is -2.33. The van der Waals surface area contributed by atoms with E-state index in [1.807, 2.05) is 19.9 Å². The van der Waals surface area contributed by atoms with Crippen LogP contribution in [0.4, 0.5) is 5.69 Å². The average molecular weight is 316 g/mol. The Balaban J connectivity index is 1.77. The second-order valence-electron chi connectivity index (χ2n) is 7.61. The van der Waals surface area contributed by atoms with Crippen LogP contribution in [0.3, 0.4) is 0 Å². The highest BCUT2D eigenvalue weighted by molar-refractivity contribution is 6.05. The first-order chi connectivity index (χ1) is 10.9. The molecule has 1 aromatic rings. The van der Waals surface area contributed by atoms with Crippen molar-refractivity contribution in [3.05, 3.63) is 29.3 Å². The second-order valence-corrected chi connectivity index (χ2v) is 7.61. The van der Waals surface area contributed by atoms with Gasteiger partial charge in [0.15, 0.2) is 0 Å². The highest BCUT2D eigenvalue weighted by Gasteiger charge is 2.38. The maximum absolute atomic E-state index is 12.1. The van der Waals surface area contributed by atoms with Gasteiger partial charge in [-0.05, 0) is 56.7 Å². The minimum atomic E-state index is -0.469. The number of amides is 1. The summed E-state index contributed by atoms with van der Waals surface area (Å²) >= 11 is 0. The number of aliphatic hydroxyl groups is 1. The number of hydrogen-bond acceptors (Lipinski definition) is 3. The van der Waals surface area contributed by atoms with Crippen molar-refractivity contribution in [3.63, 3.8) is 0 Å². The Bertz CT molecular complexity index is 597.